The standard InChI is InChI=1S/C12H14F3NO2/c1-11(2,16)9-7(12(13,14)15)3-4-8-10(9)18-6-5-17-8/h3-4H,5-6,16H2,1-2H3. The minimum Gasteiger partial charge on any atom is -0.486 e. The molecule has 0 aromatic heterocycles. The third-order valence-corrected chi connectivity index (χ3v) is 2.66. The van der Waals surface area contributed by atoms with Gasteiger partial charge in [-0.05, 0) is 26.0 Å². The average Bonchev–Trinajstić information content (AvgIpc) is 2.24. The zero-order valence-electron chi connectivity index (χ0n) is 10.1. The molecule has 2 N–H and O–H groups in total. The fourth-order valence-corrected chi connectivity index (χ4v) is 1.99. The van der Waals surface area contributed by atoms with Crippen LogP contribution in [0.15, 0.2) is 12.1 Å². The van der Waals surface area contributed by atoms with E-state index in [4.69, 9.17) is 15.2 Å². The highest BCUT2D eigenvalue weighted by Crippen LogP contribution is 2.45. The maximum atomic E-state index is 13.0. The number of hydrogen-bond donors (Lipinski definition) is 1. The molecule has 0 spiro atoms. The minimum absolute atomic E-state index is 0.0628. The van der Waals surface area contributed by atoms with Crippen molar-refractivity contribution in [3.8, 4) is 11.5 Å². The van der Waals surface area contributed by atoms with Gasteiger partial charge in [0.1, 0.15) is 13.2 Å². The highest BCUT2D eigenvalue weighted by atomic mass is 19.4. The summed E-state index contributed by atoms with van der Waals surface area (Å²) in [6, 6.07) is 2.25. The van der Waals surface area contributed by atoms with E-state index < -0.39 is 17.3 Å². The van der Waals surface area contributed by atoms with Crippen molar-refractivity contribution in [3.63, 3.8) is 0 Å². The second-order valence-corrected chi connectivity index (χ2v) is 4.73. The first-order valence-electron chi connectivity index (χ1n) is 5.50. The molecule has 1 aliphatic heterocycles. The maximum absolute atomic E-state index is 13.0. The van der Waals surface area contributed by atoms with E-state index in [0.29, 0.717) is 12.4 Å². The maximum Gasteiger partial charge on any atom is 0.416 e. The van der Waals surface area contributed by atoms with Crippen LogP contribution >= 0.6 is 0 Å². The van der Waals surface area contributed by atoms with Crippen LogP contribution in [0.4, 0.5) is 13.2 Å². The molecule has 1 aliphatic rings. The number of ether oxygens (including phenoxy) is 2. The number of halogens is 3. The predicted octanol–water partition coefficient (Wildman–Crippen LogP) is 2.67. The van der Waals surface area contributed by atoms with E-state index in [9.17, 15) is 13.2 Å². The van der Waals surface area contributed by atoms with Gasteiger partial charge in [-0.3, -0.25) is 0 Å². The number of benzene rings is 1. The molecular weight excluding hydrogens is 247 g/mol. The predicted molar refractivity (Wildman–Crippen MR) is 59.6 cm³/mol. The normalized spacial score (nSPS) is 15.7. The Hall–Kier alpha value is -1.43. The molecule has 0 bridgehead atoms. The van der Waals surface area contributed by atoms with Gasteiger partial charge < -0.3 is 15.2 Å². The molecule has 0 saturated carbocycles. The Bertz CT molecular complexity index is 464. The van der Waals surface area contributed by atoms with Crippen molar-refractivity contribution < 1.29 is 22.6 Å². The molecule has 1 aromatic rings. The Kier molecular flexibility index (Phi) is 2.93. The minimum atomic E-state index is -4.47. The van der Waals surface area contributed by atoms with Crippen LogP contribution in [-0.2, 0) is 11.7 Å². The Morgan fingerprint density at radius 2 is 1.72 bits per heavy atom. The number of alkyl halides is 3. The molecule has 2 rings (SSSR count). The Morgan fingerprint density at radius 1 is 1.11 bits per heavy atom. The van der Waals surface area contributed by atoms with Crippen LogP contribution in [0.1, 0.15) is 25.0 Å². The van der Waals surface area contributed by atoms with Crippen molar-refractivity contribution in [2.75, 3.05) is 13.2 Å². The molecule has 3 nitrogen and oxygen atoms in total. The second-order valence-electron chi connectivity index (χ2n) is 4.73. The summed E-state index contributed by atoms with van der Waals surface area (Å²) in [6.07, 6.45) is -4.47. The zero-order valence-corrected chi connectivity index (χ0v) is 10.1. The van der Waals surface area contributed by atoms with Gasteiger partial charge in [-0.15, -0.1) is 0 Å². The van der Waals surface area contributed by atoms with Gasteiger partial charge in [-0.2, -0.15) is 13.2 Å². The van der Waals surface area contributed by atoms with Crippen LogP contribution in [0.2, 0.25) is 0 Å². The fourth-order valence-electron chi connectivity index (χ4n) is 1.99. The van der Waals surface area contributed by atoms with Crippen LogP contribution in [0.3, 0.4) is 0 Å². The number of rotatable bonds is 1. The molecule has 100 valence electrons. The van der Waals surface area contributed by atoms with Crippen LogP contribution in [0, 0.1) is 0 Å². The molecular formula is C12H14F3NO2. The lowest BCUT2D eigenvalue weighted by molar-refractivity contribution is -0.139. The molecule has 0 aliphatic carbocycles. The molecule has 1 heterocycles. The molecule has 0 saturated heterocycles. The monoisotopic (exact) mass is 261 g/mol. The molecule has 0 amide bonds. The Labute approximate surface area is 103 Å². The fraction of sp³-hybridized carbons (Fsp3) is 0.500. The topological polar surface area (TPSA) is 44.5 Å². The van der Waals surface area contributed by atoms with E-state index in [1.165, 1.54) is 19.9 Å². The van der Waals surface area contributed by atoms with Crippen molar-refractivity contribution in [1.82, 2.24) is 0 Å². The third kappa shape index (κ3) is 2.25. The molecule has 1 aromatic carbocycles. The van der Waals surface area contributed by atoms with Crippen LogP contribution in [0.5, 0.6) is 11.5 Å². The van der Waals surface area contributed by atoms with Crippen LogP contribution in [-0.4, -0.2) is 13.2 Å². The van der Waals surface area contributed by atoms with E-state index >= 15 is 0 Å². The van der Waals surface area contributed by atoms with Gasteiger partial charge in [0.2, 0.25) is 0 Å². The van der Waals surface area contributed by atoms with Gasteiger partial charge in [-0.1, -0.05) is 0 Å². The number of nitrogens with two attached hydrogens (primary N) is 1. The third-order valence-electron chi connectivity index (χ3n) is 2.66. The van der Waals surface area contributed by atoms with Gasteiger partial charge in [-0.25, -0.2) is 0 Å². The second kappa shape index (κ2) is 4.05. The van der Waals surface area contributed by atoms with Gasteiger partial charge in [0, 0.05) is 11.1 Å². The summed E-state index contributed by atoms with van der Waals surface area (Å²) >= 11 is 0. The molecule has 6 heteroatoms. The summed E-state index contributed by atoms with van der Waals surface area (Å²) in [6.45, 7) is 3.56. The summed E-state index contributed by atoms with van der Waals surface area (Å²) in [4.78, 5) is 0. The summed E-state index contributed by atoms with van der Waals surface area (Å²) in [5, 5.41) is 0. The van der Waals surface area contributed by atoms with E-state index in [0.717, 1.165) is 6.07 Å². The van der Waals surface area contributed by atoms with Crippen molar-refractivity contribution >= 4 is 0 Å². The first-order chi connectivity index (χ1) is 8.21. The first-order valence-corrected chi connectivity index (χ1v) is 5.50. The van der Waals surface area contributed by atoms with Crippen molar-refractivity contribution in [1.29, 1.82) is 0 Å². The first kappa shape index (κ1) is 13.0. The molecule has 0 atom stereocenters. The molecule has 0 radical (unpaired) electrons. The van der Waals surface area contributed by atoms with Crippen molar-refractivity contribution in [2.24, 2.45) is 5.73 Å². The molecule has 18 heavy (non-hydrogen) atoms. The lowest BCUT2D eigenvalue weighted by Crippen LogP contribution is -2.33. The van der Waals surface area contributed by atoms with Crippen LogP contribution in [0.25, 0.3) is 0 Å². The van der Waals surface area contributed by atoms with Crippen molar-refractivity contribution in [3.05, 3.63) is 23.3 Å². The number of fused-ring (bicyclic) bond motifs is 1. The number of hydrogen-bond acceptors (Lipinski definition) is 3. The highest BCUT2D eigenvalue weighted by molar-refractivity contribution is 5.55. The van der Waals surface area contributed by atoms with E-state index in [1.54, 1.807) is 0 Å². The summed E-state index contributed by atoms with van der Waals surface area (Å²) in [5.41, 5.74) is 3.83. The lowest BCUT2D eigenvalue weighted by Gasteiger charge is -2.30. The van der Waals surface area contributed by atoms with Gasteiger partial charge >= 0.3 is 6.18 Å². The SMILES string of the molecule is CC(C)(N)c1c(C(F)(F)F)ccc2c1OCCO2. The van der Waals surface area contributed by atoms with E-state index in [1.807, 2.05) is 0 Å². The molecule has 0 fully saturated rings. The summed E-state index contributed by atoms with van der Waals surface area (Å²) < 4.78 is 49.6. The van der Waals surface area contributed by atoms with Gasteiger partial charge in [0.15, 0.2) is 11.5 Å². The lowest BCUT2D eigenvalue weighted by atomic mass is 9.89. The van der Waals surface area contributed by atoms with E-state index in [-0.39, 0.29) is 17.9 Å². The van der Waals surface area contributed by atoms with Gasteiger partial charge in [0.25, 0.3) is 0 Å². The highest BCUT2D eigenvalue weighted by Gasteiger charge is 2.40. The van der Waals surface area contributed by atoms with E-state index in [2.05, 4.69) is 0 Å². The average molecular weight is 261 g/mol. The van der Waals surface area contributed by atoms with Crippen molar-refractivity contribution in [2.45, 2.75) is 25.6 Å². The summed E-state index contributed by atoms with van der Waals surface area (Å²) in [5.74, 6) is 0.409. The van der Waals surface area contributed by atoms with Gasteiger partial charge in [0.05, 0.1) is 5.56 Å². The Morgan fingerprint density at radius 3 is 2.28 bits per heavy atom. The smallest absolute Gasteiger partial charge is 0.416 e. The largest absolute Gasteiger partial charge is 0.486 e. The summed E-state index contributed by atoms with van der Waals surface area (Å²) in [7, 11) is 0. The zero-order chi connectivity index (χ0) is 13.6. The quantitative estimate of drug-likeness (QED) is 0.845. The molecule has 0 unspecified atom stereocenters. The van der Waals surface area contributed by atoms with Crippen LogP contribution < -0.4 is 15.2 Å². The Balaban J connectivity index is 2.69.